The van der Waals surface area contributed by atoms with Crippen LogP contribution in [0.2, 0.25) is 0 Å². The third-order valence-electron chi connectivity index (χ3n) is 5.20. The summed E-state index contributed by atoms with van der Waals surface area (Å²) in [5.74, 6) is 0.151. The summed E-state index contributed by atoms with van der Waals surface area (Å²) in [5, 5.41) is 7.76. The van der Waals surface area contributed by atoms with Crippen molar-refractivity contribution in [3.05, 3.63) is 79.3 Å². The number of fused-ring (bicyclic) bond motifs is 2. The van der Waals surface area contributed by atoms with Crippen LogP contribution < -0.4 is 0 Å². The van der Waals surface area contributed by atoms with Crippen LogP contribution in [0.25, 0.3) is 55.8 Å². The van der Waals surface area contributed by atoms with E-state index in [1.165, 1.54) is 6.07 Å². The average molecular weight is 407 g/mol. The molecule has 0 atom stereocenters. The minimum absolute atomic E-state index is 0.260. The predicted octanol–water partition coefficient (Wildman–Crippen LogP) is 4.76. The SMILES string of the molecule is Fc1cc(-c2cccnc2)cc2c(-c3nc4c(-c5ccncc5)nccc4[nH]3)[nH]nc12. The first-order valence-corrected chi connectivity index (χ1v) is 9.61. The van der Waals surface area contributed by atoms with Crippen LogP contribution in [0.5, 0.6) is 0 Å². The van der Waals surface area contributed by atoms with Gasteiger partial charge in [-0.25, -0.2) is 9.37 Å². The summed E-state index contributed by atoms with van der Waals surface area (Å²) in [7, 11) is 0. The van der Waals surface area contributed by atoms with Gasteiger partial charge in [0, 0.05) is 47.5 Å². The van der Waals surface area contributed by atoms with E-state index in [1.54, 1.807) is 31.0 Å². The van der Waals surface area contributed by atoms with Gasteiger partial charge in [0.2, 0.25) is 0 Å². The first-order chi connectivity index (χ1) is 15.3. The molecule has 0 aliphatic heterocycles. The Balaban J connectivity index is 1.55. The average Bonchev–Trinajstić information content (AvgIpc) is 3.44. The Bertz CT molecular complexity index is 1540. The van der Waals surface area contributed by atoms with Gasteiger partial charge in [0.25, 0.3) is 0 Å². The van der Waals surface area contributed by atoms with Crippen LogP contribution in [-0.2, 0) is 0 Å². The largest absolute Gasteiger partial charge is 0.337 e. The fourth-order valence-corrected chi connectivity index (χ4v) is 3.73. The van der Waals surface area contributed by atoms with Crippen LogP contribution in [0.3, 0.4) is 0 Å². The number of rotatable bonds is 3. The third-order valence-corrected chi connectivity index (χ3v) is 5.20. The van der Waals surface area contributed by atoms with Crippen molar-refractivity contribution in [2.45, 2.75) is 0 Å². The first kappa shape index (κ1) is 17.4. The molecule has 6 aromatic rings. The highest BCUT2D eigenvalue weighted by Gasteiger charge is 2.18. The van der Waals surface area contributed by atoms with Crippen molar-refractivity contribution < 1.29 is 4.39 Å². The molecule has 31 heavy (non-hydrogen) atoms. The quantitative estimate of drug-likeness (QED) is 0.441. The number of hydrogen-bond acceptors (Lipinski definition) is 5. The second kappa shape index (κ2) is 6.81. The van der Waals surface area contributed by atoms with Gasteiger partial charge in [-0.2, -0.15) is 5.10 Å². The van der Waals surface area contributed by atoms with Crippen molar-refractivity contribution in [3.63, 3.8) is 0 Å². The van der Waals surface area contributed by atoms with Crippen LogP contribution in [0.4, 0.5) is 4.39 Å². The van der Waals surface area contributed by atoms with E-state index in [0.717, 1.165) is 33.4 Å². The van der Waals surface area contributed by atoms with Gasteiger partial charge in [0.05, 0.1) is 11.2 Å². The molecule has 0 fully saturated rings. The van der Waals surface area contributed by atoms with Gasteiger partial charge < -0.3 is 4.98 Å². The molecule has 0 unspecified atom stereocenters. The Kier molecular flexibility index (Phi) is 3.82. The number of halogens is 1. The summed E-state index contributed by atoms with van der Waals surface area (Å²) in [6.45, 7) is 0. The topological polar surface area (TPSA) is 96.0 Å². The number of pyridine rings is 3. The highest BCUT2D eigenvalue weighted by atomic mass is 19.1. The number of hydrogen-bond donors (Lipinski definition) is 2. The summed E-state index contributed by atoms with van der Waals surface area (Å²) in [6, 6.07) is 12.7. The molecule has 8 heteroatoms. The molecule has 148 valence electrons. The minimum Gasteiger partial charge on any atom is -0.337 e. The number of H-pyrrole nitrogens is 2. The third kappa shape index (κ3) is 2.84. The van der Waals surface area contributed by atoms with E-state index < -0.39 is 5.82 Å². The fraction of sp³-hybridized carbons (Fsp3) is 0. The zero-order valence-electron chi connectivity index (χ0n) is 16.0. The lowest BCUT2D eigenvalue weighted by atomic mass is 10.0. The summed E-state index contributed by atoms with van der Waals surface area (Å²) in [6.07, 6.45) is 8.55. The molecule has 0 aliphatic rings. The van der Waals surface area contributed by atoms with Crippen LogP contribution >= 0.6 is 0 Å². The van der Waals surface area contributed by atoms with Crippen molar-refractivity contribution in [2.75, 3.05) is 0 Å². The molecule has 2 N–H and O–H groups in total. The number of aromatic amines is 2. The van der Waals surface area contributed by atoms with E-state index in [9.17, 15) is 4.39 Å². The van der Waals surface area contributed by atoms with Crippen molar-refractivity contribution in [1.82, 2.24) is 35.1 Å². The molecular weight excluding hydrogens is 393 g/mol. The second-order valence-corrected chi connectivity index (χ2v) is 7.07. The van der Waals surface area contributed by atoms with Crippen molar-refractivity contribution in [3.8, 4) is 33.9 Å². The van der Waals surface area contributed by atoms with Gasteiger partial charge in [-0.15, -0.1) is 0 Å². The van der Waals surface area contributed by atoms with E-state index in [2.05, 4.69) is 30.1 Å². The van der Waals surface area contributed by atoms with Crippen molar-refractivity contribution >= 4 is 21.9 Å². The summed E-state index contributed by atoms with van der Waals surface area (Å²) in [4.78, 5) is 20.8. The standard InChI is InChI=1S/C23H14FN7/c24-17-11-15(14-2-1-6-26-12-14)10-16-20(17)30-31-21(16)23-28-18-5-9-27-19(22(18)29-23)13-3-7-25-8-4-13/h1-12H,(H,28,29)(H,30,31). The summed E-state index contributed by atoms with van der Waals surface area (Å²) < 4.78 is 14.8. The fourth-order valence-electron chi connectivity index (χ4n) is 3.73. The molecule has 5 aromatic heterocycles. The van der Waals surface area contributed by atoms with Gasteiger partial charge in [0.15, 0.2) is 11.6 Å². The number of nitrogens with one attached hydrogen (secondary N) is 2. The number of imidazole rings is 1. The number of benzene rings is 1. The number of nitrogens with zero attached hydrogens (tertiary/aromatic N) is 5. The monoisotopic (exact) mass is 407 g/mol. The van der Waals surface area contributed by atoms with E-state index >= 15 is 0 Å². The van der Waals surface area contributed by atoms with Crippen LogP contribution in [0.15, 0.2) is 73.4 Å². The lowest BCUT2D eigenvalue weighted by molar-refractivity contribution is 0.636. The van der Waals surface area contributed by atoms with Crippen LogP contribution in [-0.4, -0.2) is 35.1 Å². The predicted molar refractivity (Wildman–Crippen MR) is 115 cm³/mol. The Hall–Kier alpha value is -4.46. The van der Waals surface area contributed by atoms with E-state index in [0.29, 0.717) is 16.9 Å². The highest BCUT2D eigenvalue weighted by Crippen LogP contribution is 2.33. The molecule has 1 aromatic carbocycles. The molecule has 0 amide bonds. The van der Waals surface area contributed by atoms with Crippen molar-refractivity contribution in [2.24, 2.45) is 0 Å². The summed E-state index contributed by atoms with van der Waals surface area (Å²) in [5.41, 5.74) is 5.61. The molecule has 0 aliphatic carbocycles. The van der Waals surface area contributed by atoms with Gasteiger partial charge in [-0.3, -0.25) is 20.1 Å². The lowest BCUT2D eigenvalue weighted by Gasteiger charge is -2.02. The molecule has 0 spiro atoms. The van der Waals surface area contributed by atoms with E-state index in [-0.39, 0.29) is 5.52 Å². The Morgan fingerprint density at radius 2 is 1.71 bits per heavy atom. The van der Waals surface area contributed by atoms with E-state index in [1.807, 2.05) is 36.4 Å². The van der Waals surface area contributed by atoms with E-state index in [4.69, 9.17) is 4.98 Å². The molecule has 6 rings (SSSR count). The molecule has 0 bridgehead atoms. The van der Waals surface area contributed by atoms with Gasteiger partial charge in [0.1, 0.15) is 16.7 Å². The molecule has 0 saturated heterocycles. The minimum atomic E-state index is -0.408. The maximum absolute atomic E-state index is 14.8. The molecule has 0 radical (unpaired) electrons. The molecule has 7 nitrogen and oxygen atoms in total. The highest BCUT2D eigenvalue weighted by molar-refractivity contribution is 5.97. The maximum atomic E-state index is 14.8. The van der Waals surface area contributed by atoms with Gasteiger partial charge in [-0.1, -0.05) is 6.07 Å². The molecular formula is C23H14FN7. The van der Waals surface area contributed by atoms with Crippen molar-refractivity contribution in [1.29, 1.82) is 0 Å². The lowest BCUT2D eigenvalue weighted by Crippen LogP contribution is -1.86. The smallest absolute Gasteiger partial charge is 0.157 e. The van der Waals surface area contributed by atoms with Gasteiger partial charge in [-0.05, 0) is 42.0 Å². The van der Waals surface area contributed by atoms with Crippen LogP contribution in [0.1, 0.15) is 0 Å². The zero-order chi connectivity index (χ0) is 20.8. The van der Waals surface area contributed by atoms with Gasteiger partial charge >= 0.3 is 0 Å². The summed E-state index contributed by atoms with van der Waals surface area (Å²) >= 11 is 0. The second-order valence-electron chi connectivity index (χ2n) is 7.07. The Morgan fingerprint density at radius 3 is 2.55 bits per heavy atom. The van der Waals surface area contributed by atoms with Crippen LogP contribution in [0, 0.1) is 5.82 Å². The molecule has 5 heterocycles. The number of aromatic nitrogens is 7. The Morgan fingerprint density at radius 1 is 0.806 bits per heavy atom. The maximum Gasteiger partial charge on any atom is 0.157 e. The Labute approximate surface area is 175 Å². The zero-order valence-corrected chi connectivity index (χ0v) is 16.0. The normalized spacial score (nSPS) is 11.4. The first-order valence-electron chi connectivity index (χ1n) is 9.61. The molecule has 0 saturated carbocycles.